The zero-order valence-electron chi connectivity index (χ0n) is 15.8. The van der Waals surface area contributed by atoms with Crippen LogP contribution in [0.2, 0.25) is 0 Å². The smallest absolute Gasteiger partial charge is 0.348 e. The molecule has 1 aliphatic heterocycles. The van der Waals surface area contributed by atoms with E-state index < -0.39 is 16.6 Å². The number of aliphatic imine (C=N–C) groups is 1. The van der Waals surface area contributed by atoms with E-state index in [0.717, 1.165) is 11.4 Å². The molecule has 2 atom stereocenters. The Bertz CT molecular complexity index is 1140. The molecule has 29 heavy (non-hydrogen) atoms. The van der Waals surface area contributed by atoms with E-state index in [1.807, 2.05) is 42.5 Å². The van der Waals surface area contributed by atoms with Crippen LogP contribution in [0.1, 0.15) is 28.7 Å². The highest BCUT2D eigenvalue weighted by molar-refractivity contribution is 7.99. The lowest BCUT2D eigenvalue weighted by Gasteiger charge is -2.18. The Morgan fingerprint density at radius 3 is 2.79 bits per heavy atom. The molecule has 0 spiro atoms. The number of hydrogen-bond donors (Lipinski definition) is 1. The van der Waals surface area contributed by atoms with Gasteiger partial charge in [0.25, 0.3) is 0 Å². The van der Waals surface area contributed by atoms with E-state index in [1.165, 1.54) is 6.07 Å². The van der Waals surface area contributed by atoms with Crippen molar-refractivity contribution < 1.29 is 13.7 Å². The summed E-state index contributed by atoms with van der Waals surface area (Å²) in [5.41, 5.74) is 0.938. The molecule has 2 aromatic heterocycles. The van der Waals surface area contributed by atoms with Gasteiger partial charge in [0.15, 0.2) is 11.0 Å². The summed E-state index contributed by atoms with van der Waals surface area (Å²) in [6.45, 7) is 2.15. The fraction of sp³-hybridized carbons (Fsp3) is 0.238. The number of nitrogens with zero attached hydrogens (tertiary/aromatic N) is 2. The van der Waals surface area contributed by atoms with Crippen LogP contribution in [-0.4, -0.2) is 31.3 Å². The van der Waals surface area contributed by atoms with Gasteiger partial charge in [0.1, 0.15) is 17.1 Å². The van der Waals surface area contributed by atoms with E-state index >= 15 is 0 Å². The van der Waals surface area contributed by atoms with Gasteiger partial charge in [-0.25, -0.2) is 9.00 Å². The largest absolute Gasteiger partial charge is 0.507 e. The van der Waals surface area contributed by atoms with E-state index in [1.54, 1.807) is 28.9 Å². The second-order valence-electron chi connectivity index (χ2n) is 6.62. The van der Waals surface area contributed by atoms with E-state index in [0.29, 0.717) is 29.3 Å². The van der Waals surface area contributed by atoms with Crippen molar-refractivity contribution in [1.29, 1.82) is 0 Å². The Morgan fingerprint density at radius 2 is 2.03 bits per heavy atom. The Morgan fingerprint density at radius 1 is 1.24 bits per heavy atom. The van der Waals surface area contributed by atoms with Crippen LogP contribution in [0.5, 0.6) is 5.75 Å². The second kappa shape index (κ2) is 8.42. The fourth-order valence-corrected chi connectivity index (χ4v) is 5.70. The molecule has 1 aromatic carbocycles. The third-order valence-corrected chi connectivity index (χ3v) is 7.22. The zero-order chi connectivity index (χ0) is 20.4. The van der Waals surface area contributed by atoms with Crippen LogP contribution in [0, 0.1) is 6.92 Å². The SMILES string of the molecule is Cc1cc(O)c(C2=NCCSC(c3cccn3S(=O)c3ccccc3)C2)c(=O)o1. The number of aryl methyl sites for hydroxylation is 1. The molecule has 4 rings (SSSR count). The first kappa shape index (κ1) is 19.7. The maximum Gasteiger partial charge on any atom is 0.348 e. The normalized spacial score (nSPS) is 18.1. The quantitative estimate of drug-likeness (QED) is 0.685. The van der Waals surface area contributed by atoms with Gasteiger partial charge >= 0.3 is 5.63 Å². The predicted octanol–water partition coefficient (Wildman–Crippen LogP) is 3.69. The van der Waals surface area contributed by atoms with Crippen molar-refractivity contribution in [2.75, 3.05) is 12.3 Å². The van der Waals surface area contributed by atoms with E-state index in [-0.39, 0.29) is 16.6 Å². The maximum absolute atomic E-state index is 13.1. The summed E-state index contributed by atoms with van der Waals surface area (Å²) in [5, 5.41) is 10.3. The highest BCUT2D eigenvalue weighted by Gasteiger charge is 2.26. The molecule has 0 amide bonds. The van der Waals surface area contributed by atoms with Crippen molar-refractivity contribution in [3.63, 3.8) is 0 Å². The topological polar surface area (TPSA) is 84.8 Å². The van der Waals surface area contributed by atoms with Crippen LogP contribution in [-0.2, 0) is 11.0 Å². The number of rotatable bonds is 4. The van der Waals surface area contributed by atoms with Gasteiger partial charge in [-0.3, -0.25) is 8.96 Å². The monoisotopic (exact) mass is 428 g/mol. The number of hydrogen-bond acceptors (Lipinski definition) is 6. The Labute approximate surface area is 174 Å². The third kappa shape index (κ3) is 4.09. The van der Waals surface area contributed by atoms with Crippen LogP contribution in [0.25, 0.3) is 0 Å². The first-order valence-corrected chi connectivity index (χ1v) is 11.3. The Balaban J connectivity index is 1.68. The highest BCUT2D eigenvalue weighted by Crippen LogP contribution is 2.37. The van der Waals surface area contributed by atoms with E-state index in [9.17, 15) is 14.1 Å². The van der Waals surface area contributed by atoms with Gasteiger partial charge in [0.2, 0.25) is 0 Å². The average Bonchev–Trinajstić information content (AvgIpc) is 3.07. The summed E-state index contributed by atoms with van der Waals surface area (Å²) in [6.07, 6.45) is 2.24. The zero-order valence-corrected chi connectivity index (χ0v) is 17.4. The van der Waals surface area contributed by atoms with Crippen LogP contribution < -0.4 is 5.63 Å². The van der Waals surface area contributed by atoms with Gasteiger partial charge in [0.05, 0.1) is 15.9 Å². The van der Waals surface area contributed by atoms with Gasteiger partial charge in [-0.2, -0.15) is 0 Å². The standard InChI is InChI=1S/C21H20N2O4S2/c1-14-12-18(24)20(21(25)27-14)16-13-19(28-11-9-22-16)17-8-5-10-23(17)29(26)15-6-3-2-4-7-15/h2-8,10,12,19,24H,9,11,13H2,1H3. The minimum atomic E-state index is -1.37. The maximum atomic E-state index is 13.1. The van der Waals surface area contributed by atoms with Crippen LogP contribution in [0.15, 0.2) is 73.8 Å². The molecule has 0 fully saturated rings. The van der Waals surface area contributed by atoms with Crippen molar-refractivity contribution in [3.05, 3.63) is 82.2 Å². The molecule has 150 valence electrons. The average molecular weight is 429 g/mol. The molecule has 0 radical (unpaired) electrons. The lowest BCUT2D eigenvalue weighted by Crippen LogP contribution is -2.18. The minimum Gasteiger partial charge on any atom is -0.507 e. The van der Waals surface area contributed by atoms with Crippen molar-refractivity contribution in [2.24, 2.45) is 4.99 Å². The molecule has 3 aromatic rings. The Hall–Kier alpha value is -2.58. The van der Waals surface area contributed by atoms with Gasteiger partial charge in [-0.1, -0.05) is 18.2 Å². The molecule has 0 bridgehead atoms. The lowest BCUT2D eigenvalue weighted by molar-refractivity contribution is 0.432. The second-order valence-corrected chi connectivity index (χ2v) is 9.29. The van der Waals surface area contributed by atoms with Gasteiger partial charge in [-0.15, -0.1) is 11.8 Å². The summed E-state index contributed by atoms with van der Waals surface area (Å²) in [5.74, 6) is 0.991. The number of benzene rings is 1. The molecule has 2 unspecified atom stereocenters. The van der Waals surface area contributed by atoms with Crippen LogP contribution in [0.4, 0.5) is 0 Å². The Kier molecular flexibility index (Phi) is 5.73. The molecule has 1 aliphatic rings. The molecule has 0 saturated carbocycles. The summed E-state index contributed by atoms with van der Waals surface area (Å²) in [7, 11) is -1.37. The molecule has 0 aliphatic carbocycles. The molecule has 3 heterocycles. The fourth-order valence-electron chi connectivity index (χ4n) is 3.34. The minimum absolute atomic E-state index is 0.0565. The van der Waals surface area contributed by atoms with Crippen LogP contribution >= 0.6 is 11.8 Å². The molecule has 6 nitrogen and oxygen atoms in total. The molecule has 1 N–H and O–H groups in total. The summed E-state index contributed by atoms with van der Waals surface area (Å²) in [4.78, 5) is 17.6. The molecule has 8 heteroatoms. The lowest BCUT2D eigenvalue weighted by atomic mass is 10.0. The molecular formula is C21H20N2O4S2. The summed E-state index contributed by atoms with van der Waals surface area (Å²) in [6, 6.07) is 14.5. The number of aromatic nitrogens is 1. The third-order valence-electron chi connectivity index (χ3n) is 4.63. The van der Waals surface area contributed by atoms with Crippen molar-refractivity contribution in [3.8, 4) is 5.75 Å². The molecular weight excluding hydrogens is 408 g/mol. The number of thioether (sulfide) groups is 1. The van der Waals surface area contributed by atoms with Crippen molar-refractivity contribution in [1.82, 2.24) is 3.97 Å². The first-order chi connectivity index (χ1) is 14.0. The predicted molar refractivity (Wildman–Crippen MR) is 115 cm³/mol. The highest BCUT2D eigenvalue weighted by atomic mass is 32.2. The first-order valence-electron chi connectivity index (χ1n) is 9.18. The summed E-state index contributed by atoms with van der Waals surface area (Å²) >= 11 is 1.70. The van der Waals surface area contributed by atoms with Crippen molar-refractivity contribution >= 4 is 28.5 Å². The summed E-state index contributed by atoms with van der Waals surface area (Å²) < 4.78 is 20.0. The molecule has 0 saturated heterocycles. The van der Waals surface area contributed by atoms with E-state index in [4.69, 9.17) is 4.42 Å². The van der Waals surface area contributed by atoms with Crippen LogP contribution in [0.3, 0.4) is 0 Å². The van der Waals surface area contributed by atoms with Crippen molar-refractivity contribution in [2.45, 2.75) is 23.5 Å². The number of aromatic hydroxyl groups is 1. The van der Waals surface area contributed by atoms with Gasteiger partial charge < -0.3 is 9.52 Å². The van der Waals surface area contributed by atoms with E-state index in [2.05, 4.69) is 4.99 Å². The van der Waals surface area contributed by atoms with Gasteiger partial charge in [-0.05, 0) is 31.2 Å². The van der Waals surface area contributed by atoms with Gasteiger partial charge in [0, 0.05) is 36.7 Å².